The lowest BCUT2D eigenvalue weighted by atomic mass is 10.0. The van der Waals surface area contributed by atoms with Crippen molar-refractivity contribution < 1.29 is 13.7 Å². The van der Waals surface area contributed by atoms with E-state index in [0.717, 1.165) is 36.8 Å². The molecule has 0 saturated heterocycles. The number of aryl methyl sites for hydroxylation is 1. The first-order valence-corrected chi connectivity index (χ1v) is 9.23. The first kappa shape index (κ1) is 17.6. The van der Waals surface area contributed by atoms with E-state index in [0.29, 0.717) is 19.5 Å². The highest BCUT2D eigenvalue weighted by molar-refractivity contribution is 5.76. The summed E-state index contributed by atoms with van der Waals surface area (Å²) in [6.45, 7) is 5.55. The number of aromatic nitrogens is 2. The number of fused-ring (bicyclic) bond motifs is 1. The number of amides is 1. The van der Waals surface area contributed by atoms with E-state index in [1.54, 1.807) is 6.26 Å². The fourth-order valence-electron chi connectivity index (χ4n) is 3.67. The van der Waals surface area contributed by atoms with Crippen molar-refractivity contribution in [3.63, 3.8) is 0 Å². The summed E-state index contributed by atoms with van der Waals surface area (Å²) in [5, 5.41) is 7.07. The van der Waals surface area contributed by atoms with Crippen molar-refractivity contribution in [1.82, 2.24) is 19.9 Å². The summed E-state index contributed by atoms with van der Waals surface area (Å²) in [6, 6.07) is 9.85. The SMILES string of the molecule is Cc1cc(CN2Cc3cccn3C[C@@H](CC(=O)NCc3ccco3)C2)no1. The number of nitrogens with zero attached hydrogens (tertiary/aromatic N) is 3. The van der Waals surface area contributed by atoms with Crippen LogP contribution >= 0.6 is 0 Å². The molecule has 7 heteroatoms. The van der Waals surface area contributed by atoms with Gasteiger partial charge in [0.25, 0.3) is 0 Å². The van der Waals surface area contributed by atoms with Gasteiger partial charge in [0.15, 0.2) is 0 Å². The highest BCUT2D eigenvalue weighted by atomic mass is 16.5. The van der Waals surface area contributed by atoms with Gasteiger partial charge in [0.05, 0.1) is 18.5 Å². The molecule has 0 unspecified atom stereocenters. The second kappa shape index (κ2) is 7.84. The van der Waals surface area contributed by atoms with Gasteiger partial charge in [0.2, 0.25) is 5.91 Å². The maximum absolute atomic E-state index is 12.4. The maximum Gasteiger partial charge on any atom is 0.220 e. The lowest BCUT2D eigenvalue weighted by molar-refractivity contribution is -0.122. The van der Waals surface area contributed by atoms with Crippen molar-refractivity contribution in [2.24, 2.45) is 5.92 Å². The Balaban J connectivity index is 1.40. The van der Waals surface area contributed by atoms with Gasteiger partial charge in [-0.2, -0.15) is 0 Å². The number of furan rings is 1. The van der Waals surface area contributed by atoms with Crippen molar-refractivity contribution in [2.45, 2.75) is 39.5 Å². The van der Waals surface area contributed by atoms with Gasteiger partial charge in [-0.15, -0.1) is 0 Å². The van der Waals surface area contributed by atoms with Crippen LogP contribution < -0.4 is 5.32 Å². The third-order valence-electron chi connectivity index (χ3n) is 4.86. The van der Waals surface area contributed by atoms with Gasteiger partial charge in [0, 0.05) is 50.6 Å². The number of hydrogen-bond acceptors (Lipinski definition) is 5. The molecule has 7 nitrogen and oxygen atoms in total. The van der Waals surface area contributed by atoms with E-state index in [4.69, 9.17) is 8.94 Å². The molecule has 1 amide bonds. The van der Waals surface area contributed by atoms with Crippen molar-refractivity contribution >= 4 is 5.91 Å². The van der Waals surface area contributed by atoms with Crippen molar-refractivity contribution in [3.8, 4) is 0 Å². The fourth-order valence-corrected chi connectivity index (χ4v) is 3.67. The summed E-state index contributed by atoms with van der Waals surface area (Å²) in [5.41, 5.74) is 2.18. The minimum absolute atomic E-state index is 0.0456. The minimum Gasteiger partial charge on any atom is -0.467 e. The Hall–Kier alpha value is -2.80. The molecule has 3 aromatic rings. The molecule has 4 heterocycles. The van der Waals surface area contributed by atoms with Gasteiger partial charge in [-0.05, 0) is 37.1 Å². The molecular weight excluding hydrogens is 344 g/mol. The summed E-state index contributed by atoms with van der Waals surface area (Å²) in [6.07, 6.45) is 4.18. The van der Waals surface area contributed by atoms with E-state index in [9.17, 15) is 4.79 Å². The monoisotopic (exact) mass is 368 g/mol. The molecule has 0 aliphatic carbocycles. The fraction of sp³-hybridized carbons (Fsp3) is 0.400. The quantitative estimate of drug-likeness (QED) is 0.724. The molecule has 0 saturated carbocycles. The zero-order chi connectivity index (χ0) is 18.6. The van der Waals surface area contributed by atoms with Gasteiger partial charge in [0.1, 0.15) is 11.5 Å². The topological polar surface area (TPSA) is 76.4 Å². The van der Waals surface area contributed by atoms with Gasteiger partial charge in [-0.3, -0.25) is 9.69 Å². The van der Waals surface area contributed by atoms with E-state index >= 15 is 0 Å². The molecule has 0 spiro atoms. The van der Waals surface area contributed by atoms with E-state index in [1.807, 2.05) is 25.1 Å². The van der Waals surface area contributed by atoms with Crippen molar-refractivity contribution in [3.05, 3.63) is 65.7 Å². The molecule has 0 radical (unpaired) electrons. The van der Waals surface area contributed by atoms with E-state index in [1.165, 1.54) is 5.69 Å². The zero-order valence-corrected chi connectivity index (χ0v) is 15.4. The largest absolute Gasteiger partial charge is 0.467 e. The second-order valence-corrected chi connectivity index (χ2v) is 7.18. The van der Waals surface area contributed by atoms with Crippen LogP contribution in [0.4, 0.5) is 0 Å². The number of rotatable bonds is 6. The highest BCUT2D eigenvalue weighted by Gasteiger charge is 2.24. The molecule has 0 aromatic carbocycles. The van der Waals surface area contributed by atoms with Crippen LogP contribution in [0, 0.1) is 12.8 Å². The van der Waals surface area contributed by atoms with Crippen molar-refractivity contribution in [1.29, 1.82) is 0 Å². The molecule has 0 bridgehead atoms. The molecular formula is C20H24N4O3. The molecule has 4 rings (SSSR count). The second-order valence-electron chi connectivity index (χ2n) is 7.18. The van der Waals surface area contributed by atoms with Crippen LogP contribution in [0.3, 0.4) is 0 Å². The Morgan fingerprint density at radius 3 is 3.04 bits per heavy atom. The Morgan fingerprint density at radius 1 is 1.33 bits per heavy atom. The molecule has 1 aliphatic heterocycles. The lowest BCUT2D eigenvalue weighted by Gasteiger charge is -2.22. The number of hydrogen-bond donors (Lipinski definition) is 1. The smallest absolute Gasteiger partial charge is 0.220 e. The summed E-state index contributed by atoms with van der Waals surface area (Å²) >= 11 is 0. The van der Waals surface area contributed by atoms with E-state index in [-0.39, 0.29) is 11.8 Å². The molecule has 0 fully saturated rings. The van der Waals surface area contributed by atoms with Crippen LogP contribution in [0.5, 0.6) is 0 Å². The van der Waals surface area contributed by atoms with Crippen LogP contribution in [0.2, 0.25) is 0 Å². The maximum atomic E-state index is 12.4. The molecule has 3 aromatic heterocycles. The first-order chi connectivity index (χ1) is 13.2. The van der Waals surface area contributed by atoms with Crippen LogP contribution in [0.1, 0.15) is 29.3 Å². The predicted octanol–water partition coefficient (Wildman–Crippen LogP) is 2.72. The summed E-state index contributed by atoms with van der Waals surface area (Å²) in [4.78, 5) is 14.8. The van der Waals surface area contributed by atoms with Gasteiger partial charge < -0.3 is 18.8 Å². The highest BCUT2D eigenvalue weighted by Crippen LogP contribution is 2.21. The zero-order valence-electron chi connectivity index (χ0n) is 15.4. The average molecular weight is 368 g/mol. The average Bonchev–Trinajstić information content (AvgIpc) is 3.36. The van der Waals surface area contributed by atoms with Crippen molar-refractivity contribution in [2.75, 3.05) is 6.54 Å². The molecule has 1 aliphatic rings. The van der Waals surface area contributed by atoms with Crippen LogP contribution in [-0.4, -0.2) is 27.1 Å². The molecule has 27 heavy (non-hydrogen) atoms. The van der Waals surface area contributed by atoms with E-state index in [2.05, 4.69) is 38.3 Å². The summed E-state index contributed by atoms with van der Waals surface area (Å²) in [5.74, 6) is 1.85. The Labute approximate surface area is 157 Å². The normalized spacial score (nSPS) is 17.4. The van der Waals surface area contributed by atoms with E-state index < -0.39 is 0 Å². The molecule has 142 valence electrons. The molecule has 1 atom stereocenters. The van der Waals surface area contributed by atoms with Crippen LogP contribution in [0.15, 0.2) is 51.7 Å². The van der Waals surface area contributed by atoms with Crippen LogP contribution in [-0.2, 0) is 31.0 Å². The third kappa shape index (κ3) is 4.49. The minimum atomic E-state index is 0.0456. The van der Waals surface area contributed by atoms with Gasteiger partial charge in [-0.25, -0.2) is 0 Å². The summed E-state index contributed by atoms with van der Waals surface area (Å²) in [7, 11) is 0. The van der Waals surface area contributed by atoms with Crippen LogP contribution in [0.25, 0.3) is 0 Å². The van der Waals surface area contributed by atoms with Gasteiger partial charge >= 0.3 is 0 Å². The first-order valence-electron chi connectivity index (χ1n) is 9.23. The third-order valence-corrected chi connectivity index (χ3v) is 4.86. The predicted molar refractivity (Wildman–Crippen MR) is 98.4 cm³/mol. The lowest BCUT2D eigenvalue weighted by Crippen LogP contribution is -2.32. The van der Waals surface area contributed by atoms with Gasteiger partial charge in [-0.1, -0.05) is 5.16 Å². The Kier molecular flexibility index (Phi) is 5.11. The number of carbonyl (C=O) groups excluding carboxylic acids is 1. The molecule has 1 N–H and O–H groups in total. The Bertz CT molecular complexity index is 881. The Morgan fingerprint density at radius 2 is 2.26 bits per heavy atom. The summed E-state index contributed by atoms with van der Waals surface area (Å²) < 4.78 is 12.7. The number of carbonyl (C=O) groups is 1. The standard InChI is InChI=1S/C20H24N4O3/c1-15-8-17(22-27-15)13-23-11-16(12-24-6-2-4-18(24)14-23)9-20(25)21-10-19-5-3-7-26-19/h2-8,16H,9-14H2,1H3,(H,21,25)/t16-/m0/s1. The number of nitrogens with one attached hydrogen (secondary N) is 1.